The second-order valence-corrected chi connectivity index (χ2v) is 10.7. The van der Waals surface area contributed by atoms with E-state index in [2.05, 4.69) is 41.2 Å². The summed E-state index contributed by atoms with van der Waals surface area (Å²) < 4.78 is 31.0. The summed E-state index contributed by atoms with van der Waals surface area (Å²) in [7, 11) is -3.74. The molecule has 2 aliphatic rings. The first-order valence-corrected chi connectivity index (χ1v) is 12.7. The van der Waals surface area contributed by atoms with E-state index in [9.17, 15) is 8.42 Å². The number of aryl methyl sites for hydroxylation is 1. The predicted molar refractivity (Wildman–Crippen MR) is 123 cm³/mol. The Kier molecular flexibility index (Phi) is 5.40. The van der Waals surface area contributed by atoms with E-state index in [4.69, 9.17) is 4.18 Å². The third-order valence-corrected chi connectivity index (χ3v) is 8.24. The van der Waals surface area contributed by atoms with Crippen LogP contribution in [0.25, 0.3) is 10.9 Å². The summed E-state index contributed by atoms with van der Waals surface area (Å²) in [4.78, 5) is 6.23. The van der Waals surface area contributed by atoms with Crippen LogP contribution in [0, 0.1) is 12.8 Å². The van der Waals surface area contributed by atoms with Crippen molar-refractivity contribution in [2.45, 2.75) is 50.0 Å². The molecule has 0 spiro atoms. The number of hydrogen-bond donors (Lipinski definition) is 1. The predicted octanol–water partition coefficient (Wildman–Crippen LogP) is 4.62. The Hall–Kier alpha value is -2.15. The van der Waals surface area contributed by atoms with Crippen molar-refractivity contribution in [2.75, 3.05) is 19.7 Å². The van der Waals surface area contributed by atoms with Gasteiger partial charge < -0.3 is 4.98 Å². The third kappa shape index (κ3) is 3.81. The summed E-state index contributed by atoms with van der Waals surface area (Å²) in [5.74, 6) is 0.590. The van der Waals surface area contributed by atoms with Crippen molar-refractivity contribution in [2.24, 2.45) is 5.92 Å². The number of nitrogens with one attached hydrogen (secondary N) is 1. The van der Waals surface area contributed by atoms with Crippen molar-refractivity contribution in [1.29, 1.82) is 0 Å². The lowest BCUT2D eigenvalue weighted by Crippen LogP contribution is -2.51. The number of rotatable bonds is 6. The molecular formula is C25H30N2O3S. The molecule has 2 aromatic carbocycles. The van der Waals surface area contributed by atoms with Crippen molar-refractivity contribution < 1.29 is 12.6 Å². The van der Waals surface area contributed by atoms with Gasteiger partial charge in [-0.3, -0.25) is 9.08 Å². The van der Waals surface area contributed by atoms with Crippen LogP contribution in [0.2, 0.25) is 0 Å². The summed E-state index contributed by atoms with van der Waals surface area (Å²) in [5.41, 5.74) is 5.04. The highest BCUT2D eigenvalue weighted by Crippen LogP contribution is 2.44. The SMILES string of the molecule is CCCN1C[C@H](COS(=O)(=O)c2ccc(C)cc2)C[C@@H]2c3cccc4[nH]cc(c34)C[C@H]21. The number of hydrogen-bond acceptors (Lipinski definition) is 4. The van der Waals surface area contributed by atoms with Crippen molar-refractivity contribution in [3.05, 3.63) is 65.4 Å². The lowest BCUT2D eigenvalue weighted by molar-refractivity contribution is 0.0638. The van der Waals surface area contributed by atoms with E-state index in [1.807, 2.05) is 19.1 Å². The van der Waals surface area contributed by atoms with E-state index >= 15 is 0 Å². The molecule has 1 fully saturated rings. The maximum Gasteiger partial charge on any atom is 0.296 e. The van der Waals surface area contributed by atoms with Gasteiger partial charge in [0.25, 0.3) is 10.1 Å². The summed E-state index contributed by atoms with van der Waals surface area (Å²) in [5, 5.41) is 1.37. The zero-order valence-electron chi connectivity index (χ0n) is 18.2. The minimum absolute atomic E-state index is 0.184. The molecule has 2 heterocycles. The normalized spacial score (nSPS) is 23.7. The summed E-state index contributed by atoms with van der Waals surface area (Å²) in [6, 6.07) is 13.9. The summed E-state index contributed by atoms with van der Waals surface area (Å²) >= 11 is 0. The van der Waals surface area contributed by atoms with Crippen LogP contribution in [0.1, 0.15) is 42.4 Å². The summed E-state index contributed by atoms with van der Waals surface area (Å²) in [6.07, 6.45) is 5.26. The number of piperidine rings is 1. The molecule has 164 valence electrons. The largest absolute Gasteiger partial charge is 0.361 e. The first-order chi connectivity index (χ1) is 15.0. The van der Waals surface area contributed by atoms with Gasteiger partial charge in [0.1, 0.15) is 0 Å². The molecule has 5 rings (SSSR count). The molecule has 0 unspecified atom stereocenters. The molecule has 6 heteroatoms. The number of nitrogens with zero attached hydrogens (tertiary/aromatic N) is 1. The highest BCUT2D eigenvalue weighted by molar-refractivity contribution is 7.86. The lowest BCUT2D eigenvalue weighted by Gasteiger charge is -2.47. The molecule has 3 aromatic rings. The van der Waals surface area contributed by atoms with E-state index in [0.717, 1.165) is 37.9 Å². The lowest BCUT2D eigenvalue weighted by atomic mass is 9.72. The van der Waals surface area contributed by atoms with Gasteiger partial charge in [-0.2, -0.15) is 8.42 Å². The number of benzene rings is 2. The van der Waals surface area contributed by atoms with E-state index in [-0.39, 0.29) is 17.4 Å². The first kappa shape index (κ1) is 20.7. The fourth-order valence-electron chi connectivity index (χ4n) is 5.52. The van der Waals surface area contributed by atoms with Gasteiger partial charge in [0.05, 0.1) is 11.5 Å². The first-order valence-electron chi connectivity index (χ1n) is 11.3. The Morgan fingerprint density at radius 3 is 2.74 bits per heavy atom. The van der Waals surface area contributed by atoms with Gasteiger partial charge in [0, 0.05) is 35.6 Å². The van der Waals surface area contributed by atoms with Crippen LogP contribution in [0.5, 0.6) is 0 Å². The number of H-pyrrole nitrogens is 1. The maximum absolute atomic E-state index is 12.7. The van der Waals surface area contributed by atoms with Gasteiger partial charge in [0.15, 0.2) is 0 Å². The van der Waals surface area contributed by atoms with Crippen LogP contribution in [0.4, 0.5) is 0 Å². The van der Waals surface area contributed by atoms with Crippen molar-refractivity contribution >= 4 is 21.0 Å². The molecule has 0 amide bonds. The summed E-state index contributed by atoms with van der Waals surface area (Å²) in [6.45, 7) is 6.29. The van der Waals surface area contributed by atoms with Crippen LogP contribution >= 0.6 is 0 Å². The van der Waals surface area contributed by atoms with E-state index in [0.29, 0.717) is 12.0 Å². The molecule has 0 bridgehead atoms. The molecule has 5 nitrogen and oxygen atoms in total. The van der Waals surface area contributed by atoms with Gasteiger partial charge in [0.2, 0.25) is 0 Å². The Morgan fingerprint density at radius 1 is 1.16 bits per heavy atom. The third-order valence-electron chi connectivity index (χ3n) is 6.94. The Labute approximate surface area is 184 Å². The van der Waals surface area contributed by atoms with Crippen LogP contribution in [0.15, 0.2) is 53.6 Å². The van der Waals surface area contributed by atoms with E-state index in [1.165, 1.54) is 22.0 Å². The smallest absolute Gasteiger partial charge is 0.296 e. The molecule has 1 aromatic heterocycles. The molecule has 1 N–H and O–H groups in total. The zero-order valence-corrected chi connectivity index (χ0v) is 19.0. The molecular weight excluding hydrogens is 408 g/mol. The average molecular weight is 439 g/mol. The minimum atomic E-state index is -3.74. The fraction of sp³-hybridized carbons (Fsp3) is 0.440. The van der Waals surface area contributed by atoms with E-state index in [1.54, 1.807) is 12.1 Å². The van der Waals surface area contributed by atoms with Crippen LogP contribution in [0.3, 0.4) is 0 Å². The minimum Gasteiger partial charge on any atom is -0.361 e. The van der Waals surface area contributed by atoms with Crippen LogP contribution in [-0.4, -0.2) is 44.0 Å². The standard InChI is InChI=1S/C25H30N2O3S/c1-3-11-27-15-18(16-30-31(28,29)20-9-7-17(2)8-10-20)12-22-21-5-4-6-23-25(21)19(14-26-23)13-24(22)27/h4-10,14,18,22,24,26H,3,11-13,15-16H2,1-2H3/t18-,22-,24-/m1/s1. The fourth-order valence-corrected chi connectivity index (χ4v) is 6.50. The van der Waals surface area contributed by atoms with Gasteiger partial charge in [-0.1, -0.05) is 36.8 Å². The number of fused-ring (bicyclic) bond motifs is 2. The van der Waals surface area contributed by atoms with Crippen molar-refractivity contribution in [1.82, 2.24) is 9.88 Å². The highest BCUT2D eigenvalue weighted by Gasteiger charge is 2.40. The quantitative estimate of drug-likeness (QED) is 0.571. The molecule has 0 radical (unpaired) electrons. The monoisotopic (exact) mass is 438 g/mol. The topological polar surface area (TPSA) is 62.4 Å². The molecule has 1 aliphatic heterocycles. The van der Waals surface area contributed by atoms with Crippen molar-refractivity contribution in [3.8, 4) is 0 Å². The Morgan fingerprint density at radius 2 is 1.97 bits per heavy atom. The van der Waals surface area contributed by atoms with Gasteiger partial charge in [-0.05, 0) is 68.0 Å². The molecule has 0 saturated carbocycles. The van der Waals surface area contributed by atoms with Crippen LogP contribution < -0.4 is 0 Å². The molecule has 3 atom stereocenters. The van der Waals surface area contributed by atoms with Gasteiger partial charge in [-0.25, -0.2) is 0 Å². The van der Waals surface area contributed by atoms with Gasteiger partial charge >= 0.3 is 0 Å². The zero-order chi connectivity index (χ0) is 21.6. The van der Waals surface area contributed by atoms with E-state index < -0.39 is 10.1 Å². The maximum atomic E-state index is 12.7. The Bertz CT molecular complexity index is 1180. The van der Waals surface area contributed by atoms with Crippen molar-refractivity contribution in [3.63, 3.8) is 0 Å². The highest BCUT2D eigenvalue weighted by atomic mass is 32.2. The second-order valence-electron chi connectivity index (χ2n) is 9.11. The molecule has 1 saturated heterocycles. The Balaban J connectivity index is 1.39. The number of aromatic nitrogens is 1. The second kappa shape index (κ2) is 8.08. The van der Waals surface area contributed by atoms with Crippen LogP contribution in [-0.2, 0) is 20.7 Å². The van der Waals surface area contributed by atoms with Gasteiger partial charge in [-0.15, -0.1) is 0 Å². The molecule has 1 aliphatic carbocycles. The number of likely N-dealkylation sites (tertiary alicyclic amines) is 1. The average Bonchev–Trinajstić information content (AvgIpc) is 3.18. The molecule has 31 heavy (non-hydrogen) atoms. The number of aromatic amines is 1.